The predicted octanol–water partition coefficient (Wildman–Crippen LogP) is 0.408. The maximum atomic E-state index is 12.4. The molecule has 0 bridgehead atoms. The fourth-order valence-electron chi connectivity index (χ4n) is 2.39. The molecule has 0 atom stereocenters. The molecule has 0 fully saturated rings. The van der Waals surface area contributed by atoms with Gasteiger partial charge in [0, 0.05) is 22.3 Å². The topological polar surface area (TPSA) is 100 Å². The first-order valence-corrected chi connectivity index (χ1v) is 5.84. The van der Waals surface area contributed by atoms with Gasteiger partial charge in [0.1, 0.15) is 0 Å². The van der Waals surface area contributed by atoms with Crippen molar-refractivity contribution in [3.05, 3.63) is 64.2 Å². The molecule has 20 heavy (non-hydrogen) atoms. The average Bonchev–Trinajstić information content (AvgIpc) is 2.44. The van der Waals surface area contributed by atoms with Crippen molar-refractivity contribution >= 4 is 23.2 Å². The van der Waals surface area contributed by atoms with Crippen LogP contribution in [0.4, 0.5) is 5.69 Å². The number of carboxylic acids is 1. The predicted molar refractivity (Wildman–Crippen MR) is 68.5 cm³/mol. The van der Waals surface area contributed by atoms with Crippen LogP contribution in [0.25, 0.3) is 0 Å². The van der Waals surface area contributed by atoms with Crippen molar-refractivity contribution < 1.29 is 19.5 Å². The second-order valence-corrected chi connectivity index (χ2v) is 4.44. The van der Waals surface area contributed by atoms with Crippen molar-refractivity contribution in [1.82, 2.24) is 0 Å². The van der Waals surface area contributed by atoms with Crippen LogP contribution in [-0.2, 0) is 0 Å². The highest BCUT2D eigenvalue weighted by molar-refractivity contribution is 6.30. The Morgan fingerprint density at radius 3 is 2.10 bits per heavy atom. The van der Waals surface area contributed by atoms with Crippen LogP contribution in [0.15, 0.2) is 36.4 Å². The first kappa shape index (κ1) is 12.1. The van der Waals surface area contributed by atoms with E-state index in [0.29, 0.717) is 5.56 Å². The minimum atomic E-state index is -1.48. The lowest BCUT2D eigenvalue weighted by Gasteiger charge is -2.20. The molecular weight excluding hydrogens is 258 g/mol. The molecule has 5 nitrogen and oxygen atoms in total. The van der Waals surface area contributed by atoms with Gasteiger partial charge in [-0.25, -0.2) is 0 Å². The fraction of sp³-hybridized carbons (Fsp3) is 0. The first-order valence-electron chi connectivity index (χ1n) is 5.84. The molecule has 0 saturated carbocycles. The zero-order chi connectivity index (χ0) is 14.4. The summed E-state index contributed by atoms with van der Waals surface area (Å²) in [4.78, 5) is 35.7. The Balaban J connectivity index is 2.34. The Bertz CT molecular complexity index is 792. The van der Waals surface area contributed by atoms with Gasteiger partial charge in [0.05, 0.1) is 17.2 Å². The molecule has 0 heterocycles. The fourth-order valence-corrected chi connectivity index (χ4v) is 2.39. The number of fused-ring (bicyclic) bond motifs is 2. The Kier molecular flexibility index (Phi) is 2.44. The van der Waals surface area contributed by atoms with Crippen molar-refractivity contribution in [2.24, 2.45) is 0 Å². The van der Waals surface area contributed by atoms with Gasteiger partial charge in [-0.05, 0) is 6.07 Å². The van der Waals surface area contributed by atoms with E-state index in [2.05, 4.69) is 0 Å². The molecule has 2 aromatic rings. The third-order valence-electron chi connectivity index (χ3n) is 3.35. The number of nitrogen functional groups attached to an aromatic ring is 1. The molecule has 1 aliphatic carbocycles. The molecule has 0 unspecified atom stereocenters. The van der Waals surface area contributed by atoms with Gasteiger partial charge < -0.3 is 15.6 Å². The van der Waals surface area contributed by atoms with Crippen LogP contribution < -0.4 is 10.8 Å². The first-order chi connectivity index (χ1) is 9.52. The van der Waals surface area contributed by atoms with E-state index in [4.69, 9.17) is 5.73 Å². The van der Waals surface area contributed by atoms with Gasteiger partial charge in [0.2, 0.25) is 0 Å². The Morgan fingerprint density at radius 2 is 1.50 bits per heavy atom. The van der Waals surface area contributed by atoms with E-state index in [1.165, 1.54) is 18.2 Å². The molecule has 0 aromatic heterocycles. The zero-order valence-corrected chi connectivity index (χ0v) is 10.2. The molecule has 98 valence electrons. The number of ketones is 2. The van der Waals surface area contributed by atoms with Crippen molar-refractivity contribution in [3.8, 4) is 0 Å². The van der Waals surface area contributed by atoms with Crippen LogP contribution in [0.5, 0.6) is 0 Å². The number of carbonyl (C=O) groups is 3. The van der Waals surface area contributed by atoms with E-state index in [1.807, 2.05) is 0 Å². The minimum Gasteiger partial charge on any atom is -0.545 e. The molecular formula is C15H8NO4-. The van der Waals surface area contributed by atoms with E-state index in [-0.39, 0.29) is 33.7 Å². The quantitative estimate of drug-likeness (QED) is 0.643. The lowest BCUT2D eigenvalue weighted by Crippen LogP contribution is -2.27. The number of anilines is 1. The van der Waals surface area contributed by atoms with Crippen LogP contribution in [-0.4, -0.2) is 17.5 Å². The summed E-state index contributed by atoms with van der Waals surface area (Å²) in [6, 6.07) is 8.85. The van der Waals surface area contributed by atoms with Crippen molar-refractivity contribution in [1.29, 1.82) is 0 Å². The molecule has 2 aromatic carbocycles. The SMILES string of the molecule is Nc1c(C(=O)[O-])ccc2c1C(=O)c1ccccc1C2=O. The minimum absolute atomic E-state index is 0.0598. The third kappa shape index (κ3) is 1.46. The standard InChI is InChI=1S/C15H9NO4/c16-12-10(15(19)20)6-5-9-11(12)14(18)8-4-2-1-3-7(8)13(9)17/h1-6H,16H2,(H,19,20)/p-1. The van der Waals surface area contributed by atoms with Crippen molar-refractivity contribution in [3.63, 3.8) is 0 Å². The zero-order valence-electron chi connectivity index (χ0n) is 10.2. The Labute approximate surface area is 113 Å². The Morgan fingerprint density at radius 1 is 0.900 bits per heavy atom. The highest BCUT2D eigenvalue weighted by Gasteiger charge is 2.31. The Hall–Kier alpha value is -2.95. The number of carboxylic acid groups (broad SMARTS) is 1. The van der Waals surface area contributed by atoms with Gasteiger partial charge in [-0.1, -0.05) is 30.3 Å². The maximum absolute atomic E-state index is 12.4. The molecule has 2 N–H and O–H groups in total. The van der Waals surface area contributed by atoms with Gasteiger partial charge >= 0.3 is 0 Å². The highest BCUT2D eigenvalue weighted by Crippen LogP contribution is 2.32. The van der Waals surface area contributed by atoms with E-state index >= 15 is 0 Å². The maximum Gasteiger partial charge on any atom is 0.196 e. The van der Waals surface area contributed by atoms with Gasteiger partial charge in [0.15, 0.2) is 11.6 Å². The molecule has 0 amide bonds. The smallest absolute Gasteiger partial charge is 0.196 e. The average molecular weight is 266 g/mol. The van der Waals surface area contributed by atoms with Gasteiger partial charge in [-0.15, -0.1) is 0 Å². The monoisotopic (exact) mass is 266 g/mol. The number of carbonyl (C=O) groups excluding carboxylic acids is 3. The van der Waals surface area contributed by atoms with Crippen LogP contribution in [0, 0.1) is 0 Å². The number of rotatable bonds is 1. The molecule has 3 rings (SSSR count). The summed E-state index contributed by atoms with van der Waals surface area (Å²) in [5.74, 6) is -2.27. The van der Waals surface area contributed by atoms with Gasteiger partial charge in [0.25, 0.3) is 0 Å². The van der Waals surface area contributed by atoms with Gasteiger partial charge in [-0.2, -0.15) is 0 Å². The summed E-state index contributed by atoms with van der Waals surface area (Å²) < 4.78 is 0. The second-order valence-electron chi connectivity index (χ2n) is 4.44. The molecule has 5 heteroatoms. The summed E-state index contributed by atoms with van der Waals surface area (Å²) in [5.41, 5.74) is 5.79. The number of hydrogen-bond donors (Lipinski definition) is 1. The molecule has 0 spiro atoms. The third-order valence-corrected chi connectivity index (χ3v) is 3.35. The summed E-state index contributed by atoms with van der Waals surface area (Å²) in [6.07, 6.45) is 0. The largest absolute Gasteiger partial charge is 0.545 e. The molecule has 1 aliphatic rings. The number of hydrogen-bond acceptors (Lipinski definition) is 5. The van der Waals surface area contributed by atoms with E-state index in [1.54, 1.807) is 18.2 Å². The van der Waals surface area contributed by atoms with Crippen molar-refractivity contribution in [2.45, 2.75) is 0 Å². The molecule has 0 saturated heterocycles. The van der Waals surface area contributed by atoms with Crippen molar-refractivity contribution in [2.75, 3.05) is 5.73 Å². The van der Waals surface area contributed by atoms with Crippen LogP contribution >= 0.6 is 0 Å². The second kappa shape index (κ2) is 4.03. The number of aromatic carboxylic acids is 1. The van der Waals surface area contributed by atoms with Crippen LogP contribution in [0.1, 0.15) is 42.2 Å². The summed E-state index contributed by atoms with van der Waals surface area (Å²) in [7, 11) is 0. The van der Waals surface area contributed by atoms with Gasteiger partial charge in [-0.3, -0.25) is 9.59 Å². The van der Waals surface area contributed by atoms with Crippen LogP contribution in [0.2, 0.25) is 0 Å². The normalized spacial score (nSPS) is 12.8. The number of benzene rings is 2. The lowest BCUT2D eigenvalue weighted by atomic mass is 9.82. The molecule has 0 radical (unpaired) electrons. The molecule has 0 aliphatic heterocycles. The van der Waals surface area contributed by atoms with E-state index < -0.39 is 11.8 Å². The summed E-state index contributed by atoms with van der Waals surface area (Å²) in [6.45, 7) is 0. The van der Waals surface area contributed by atoms with E-state index in [9.17, 15) is 19.5 Å². The van der Waals surface area contributed by atoms with E-state index in [0.717, 1.165) is 0 Å². The summed E-state index contributed by atoms with van der Waals surface area (Å²) in [5, 5.41) is 11.0. The lowest BCUT2D eigenvalue weighted by molar-refractivity contribution is -0.254. The van der Waals surface area contributed by atoms with Crippen LogP contribution in [0.3, 0.4) is 0 Å². The number of nitrogens with two attached hydrogens (primary N) is 1. The highest BCUT2D eigenvalue weighted by atomic mass is 16.4. The summed E-state index contributed by atoms with van der Waals surface area (Å²) >= 11 is 0.